The highest BCUT2D eigenvalue weighted by Gasteiger charge is 2.10. The second-order valence-electron chi connectivity index (χ2n) is 4.31. The predicted octanol–water partition coefficient (Wildman–Crippen LogP) is 2.16. The molecule has 3 nitrogen and oxygen atoms in total. The molecule has 0 aliphatic carbocycles. The Hall–Kier alpha value is -1.61. The molecule has 17 heavy (non-hydrogen) atoms. The summed E-state index contributed by atoms with van der Waals surface area (Å²) in [6, 6.07) is 9.43. The standard InChI is InChI=1S/C14H20N2O/c1-11(2)8-9-16-14(17)10-13(15)12-6-4-3-5-7-12/h3-8,13H,9-10,15H2,1-2H3,(H,16,17). The van der Waals surface area contributed by atoms with Gasteiger partial charge in [0.05, 0.1) is 0 Å². The van der Waals surface area contributed by atoms with E-state index in [1.165, 1.54) is 5.57 Å². The Morgan fingerprint density at radius 3 is 2.59 bits per heavy atom. The van der Waals surface area contributed by atoms with Crippen molar-refractivity contribution in [2.45, 2.75) is 26.3 Å². The lowest BCUT2D eigenvalue weighted by atomic mass is 10.0. The number of nitrogens with one attached hydrogen (secondary N) is 1. The van der Waals surface area contributed by atoms with E-state index in [-0.39, 0.29) is 11.9 Å². The van der Waals surface area contributed by atoms with Crippen molar-refractivity contribution in [1.82, 2.24) is 5.32 Å². The summed E-state index contributed by atoms with van der Waals surface area (Å²) in [5.41, 5.74) is 8.13. The number of nitrogens with two attached hydrogens (primary N) is 1. The zero-order valence-corrected chi connectivity index (χ0v) is 10.4. The van der Waals surface area contributed by atoms with E-state index >= 15 is 0 Å². The third-order valence-corrected chi connectivity index (χ3v) is 2.44. The lowest BCUT2D eigenvalue weighted by Crippen LogP contribution is -2.27. The fraction of sp³-hybridized carbons (Fsp3) is 0.357. The van der Waals surface area contributed by atoms with E-state index < -0.39 is 0 Å². The third-order valence-electron chi connectivity index (χ3n) is 2.44. The van der Waals surface area contributed by atoms with Gasteiger partial charge in [-0.2, -0.15) is 0 Å². The van der Waals surface area contributed by atoms with Crippen LogP contribution in [0.5, 0.6) is 0 Å². The average molecular weight is 232 g/mol. The van der Waals surface area contributed by atoms with Crippen molar-refractivity contribution in [2.24, 2.45) is 5.73 Å². The van der Waals surface area contributed by atoms with E-state index in [9.17, 15) is 4.79 Å². The maximum absolute atomic E-state index is 11.6. The molecule has 3 heteroatoms. The van der Waals surface area contributed by atoms with Crippen molar-refractivity contribution in [3.63, 3.8) is 0 Å². The van der Waals surface area contributed by atoms with Crippen LogP contribution < -0.4 is 11.1 Å². The molecular formula is C14H20N2O. The molecule has 1 atom stereocenters. The van der Waals surface area contributed by atoms with Gasteiger partial charge in [0.2, 0.25) is 5.91 Å². The SMILES string of the molecule is CC(C)=CCNC(=O)CC(N)c1ccccc1. The quantitative estimate of drug-likeness (QED) is 0.764. The van der Waals surface area contributed by atoms with Crippen LogP contribution >= 0.6 is 0 Å². The highest BCUT2D eigenvalue weighted by Crippen LogP contribution is 2.12. The summed E-state index contributed by atoms with van der Waals surface area (Å²) in [5, 5.41) is 2.82. The van der Waals surface area contributed by atoms with E-state index in [4.69, 9.17) is 5.73 Å². The summed E-state index contributed by atoms with van der Waals surface area (Å²) in [7, 11) is 0. The van der Waals surface area contributed by atoms with Gasteiger partial charge in [0, 0.05) is 19.0 Å². The number of allylic oxidation sites excluding steroid dienone is 1. The summed E-state index contributed by atoms with van der Waals surface area (Å²) in [6.45, 7) is 4.58. The number of rotatable bonds is 5. The molecule has 0 heterocycles. The predicted molar refractivity (Wildman–Crippen MR) is 70.4 cm³/mol. The van der Waals surface area contributed by atoms with Crippen LogP contribution in [0.2, 0.25) is 0 Å². The maximum Gasteiger partial charge on any atom is 0.222 e. The van der Waals surface area contributed by atoms with E-state index in [0.717, 1.165) is 5.56 Å². The van der Waals surface area contributed by atoms with E-state index in [1.807, 2.05) is 50.3 Å². The zero-order chi connectivity index (χ0) is 12.7. The molecule has 0 saturated heterocycles. The van der Waals surface area contributed by atoms with E-state index in [1.54, 1.807) is 0 Å². The van der Waals surface area contributed by atoms with Gasteiger partial charge in [-0.1, -0.05) is 42.0 Å². The molecule has 0 bridgehead atoms. The van der Waals surface area contributed by atoms with Crippen LogP contribution in [-0.2, 0) is 4.79 Å². The van der Waals surface area contributed by atoms with Gasteiger partial charge in [0.1, 0.15) is 0 Å². The maximum atomic E-state index is 11.6. The minimum atomic E-state index is -0.233. The Balaban J connectivity index is 2.39. The average Bonchev–Trinajstić information content (AvgIpc) is 2.29. The molecule has 1 amide bonds. The van der Waals surface area contributed by atoms with Crippen LogP contribution in [0.4, 0.5) is 0 Å². The minimum absolute atomic E-state index is 0.0150. The lowest BCUT2D eigenvalue weighted by molar-refractivity contribution is -0.121. The van der Waals surface area contributed by atoms with Crippen molar-refractivity contribution in [3.8, 4) is 0 Å². The van der Waals surface area contributed by atoms with Gasteiger partial charge in [0.15, 0.2) is 0 Å². The van der Waals surface area contributed by atoms with Gasteiger partial charge in [-0.3, -0.25) is 4.79 Å². The summed E-state index contributed by atoms with van der Waals surface area (Å²) in [5.74, 6) is -0.0150. The molecule has 0 aliphatic rings. The van der Waals surface area contributed by atoms with E-state index in [0.29, 0.717) is 13.0 Å². The van der Waals surface area contributed by atoms with Crippen LogP contribution in [0, 0.1) is 0 Å². The highest BCUT2D eigenvalue weighted by atomic mass is 16.1. The zero-order valence-electron chi connectivity index (χ0n) is 10.4. The minimum Gasteiger partial charge on any atom is -0.353 e. The fourth-order valence-corrected chi connectivity index (χ4v) is 1.46. The smallest absolute Gasteiger partial charge is 0.222 e. The molecule has 0 saturated carbocycles. The summed E-state index contributed by atoms with van der Waals surface area (Å²) < 4.78 is 0. The van der Waals surface area contributed by atoms with Gasteiger partial charge in [-0.05, 0) is 19.4 Å². The van der Waals surface area contributed by atoms with Gasteiger partial charge < -0.3 is 11.1 Å². The van der Waals surface area contributed by atoms with Crippen LogP contribution in [-0.4, -0.2) is 12.5 Å². The van der Waals surface area contributed by atoms with Crippen LogP contribution in [0.25, 0.3) is 0 Å². The first kappa shape index (κ1) is 13.5. The van der Waals surface area contributed by atoms with Crippen molar-refractivity contribution in [1.29, 1.82) is 0 Å². The fourth-order valence-electron chi connectivity index (χ4n) is 1.46. The molecule has 1 rings (SSSR count). The Morgan fingerprint density at radius 2 is 2.00 bits per heavy atom. The van der Waals surface area contributed by atoms with Gasteiger partial charge >= 0.3 is 0 Å². The normalized spacial score (nSPS) is 11.7. The molecular weight excluding hydrogens is 212 g/mol. The molecule has 0 radical (unpaired) electrons. The first-order valence-electron chi connectivity index (χ1n) is 5.80. The Labute approximate surface area is 103 Å². The third kappa shape index (κ3) is 5.31. The monoisotopic (exact) mass is 232 g/mol. The highest BCUT2D eigenvalue weighted by molar-refractivity contribution is 5.76. The Bertz CT molecular complexity index is 380. The number of benzene rings is 1. The Morgan fingerprint density at radius 1 is 1.35 bits per heavy atom. The number of carbonyl (C=O) groups is 1. The Kier molecular flexibility index (Phi) is 5.43. The van der Waals surface area contributed by atoms with Gasteiger partial charge in [-0.25, -0.2) is 0 Å². The molecule has 0 aliphatic heterocycles. The van der Waals surface area contributed by atoms with Crippen molar-refractivity contribution in [2.75, 3.05) is 6.54 Å². The summed E-state index contributed by atoms with van der Waals surface area (Å²) in [4.78, 5) is 11.6. The molecule has 1 aromatic rings. The molecule has 3 N–H and O–H groups in total. The molecule has 1 aromatic carbocycles. The lowest BCUT2D eigenvalue weighted by Gasteiger charge is -2.11. The topological polar surface area (TPSA) is 55.1 Å². The molecule has 0 fully saturated rings. The van der Waals surface area contributed by atoms with Crippen molar-refractivity contribution < 1.29 is 4.79 Å². The van der Waals surface area contributed by atoms with Crippen molar-refractivity contribution in [3.05, 3.63) is 47.5 Å². The number of amides is 1. The van der Waals surface area contributed by atoms with E-state index in [2.05, 4.69) is 5.32 Å². The van der Waals surface area contributed by atoms with Crippen LogP contribution in [0.1, 0.15) is 31.9 Å². The number of hydrogen-bond acceptors (Lipinski definition) is 2. The number of carbonyl (C=O) groups excluding carboxylic acids is 1. The van der Waals surface area contributed by atoms with Gasteiger partial charge in [-0.15, -0.1) is 0 Å². The summed E-state index contributed by atoms with van der Waals surface area (Å²) >= 11 is 0. The van der Waals surface area contributed by atoms with Crippen LogP contribution in [0.15, 0.2) is 42.0 Å². The second-order valence-corrected chi connectivity index (χ2v) is 4.31. The molecule has 0 spiro atoms. The second kappa shape index (κ2) is 6.86. The van der Waals surface area contributed by atoms with Gasteiger partial charge in [0.25, 0.3) is 0 Å². The molecule has 1 unspecified atom stereocenters. The first-order chi connectivity index (χ1) is 8.09. The molecule has 92 valence electrons. The van der Waals surface area contributed by atoms with Crippen LogP contribution in [0.3, 0.4) is 0 Å². The number of hydrogen-bond donors (Lipinski definition) is 2. The largest absolute Gasteiger partial charge is 0.353 e. The molecule has 0 aromatic heterocycles. The van der Waals surface area contributed by atoms with Crippen molar-refractivity contribution >= 4 is 5.91 Å². The summed E-state index contributed by atoms with van der Waals surface area (Å²) in [6.07, 6.45) is 2.30. The first-order valence-corrected chi connectivity index (χ1v) is 5.80.